The first kappa shape index (κ1) is 21.2. The van der Waals surface area contributed by atoms with Crippen molar-refractivity contribution in [2.24, 2.45) is 5.14 Å². The zero-order valence-corrected chi connectivity index (χ0v) is 16.8. The molecular formula is C14H18N4O6S3. The van der Waals surface area contributed by atoms with Crippen molar-refractivity contribution in [1.29, 1.82) is 0 Å². The van der Waals surface area contributed by atoms with Gasteiger partial charge in [-0.25, -0.2) is 26.7 Å². The molecule has 148 valence electrons. The zero-order valence-electron chi connectivity index (χ0n) is 14.4. The standard InChI is InChI=1S/C14H18N4O6S3/c1-9(2)17-27(23,24)11-4-5-12(13(7-11)18(19)20)16-8-10-3-6-14(25-10)26(15,21)22/h3-7,9,16-17H,8H2,1-2H3,(H2,15,21,22). The van der Waals surface area contributed by atoms with Crippen molar-refractivity contribution in [3.8, 4) is 0 Å². The lowest BCUT2D eigenvalue weighted by molar-refractivity contribution is -0.384. The van der Waals surface area contributed by atoms with Crippen LogP contribution in [0.5, 0.6) is 0 Å². The highest BCUT2D eigenvalue weighted by atomic mass is 32.2. The van der Waals surface area contributed by atoms with Crippen LogP contribution in [-0.4, -0.2) is 27.8 Å². The maximum absolute atomic E-state index is 12.2. The number of nitrogens with one attached hydrogen (secondary N) is 2. The number of thiophene rings is 1. The van der Waals surface area contributed by atoms with Gasteiger partial charge >= 0.3 is 0 Å². The molecule has 1 heterocycles. The molecule has 0 aliphatic rings. The normalized spacial score (nSPS) is 12.3. The summed E-state index contributed by atoms with van der Waals surface area (Å²) in [4.78, 5) is 11.0. The van der Waals surface area contributed by atoms with Gasteiger partial charge in [0.2, 0.25) is 20.0 Å². The Morgan fingerprint density at radius 3 is 2.37 bits per heavy atom. The highest BCUT2D eigenvalue weighted by molar-refractivity contribution is 7.91. The molecule has 4 N–H and O–H groups in total. The Bertz CT molecular complexity index is 1060. The first-order valence-electron chi connectivity index (χ1n) is 7.56. The minimum Gasteiger partial charge on any atom is -0.375 e. The molecule has 2 rings (SSSR count). The molecule has 0 amide bonds. The Hall–Kier alpha value is -2.06. The summed E-state index contributed by atoms with van der Waals surface area (Å²) in [6.45, 7) is 3.38. The van der Waals surface area contributed by atoms with Crippen molar-refractivity contribution in [1.82, 2.24) is 4.72 Å². The van der Waals surface area contributed by atoms with Crippen LogP contribution in [0.2, 0.25) is 0 Å². The van der Waals surface area contributed by atoms with E-state index in [1.54, 1.807) is 13.8 Å². The smallest absolute Gasteiger partial charge is 0.293 e. The molecule has 10 nitrogen and oxygen atoms in total. The number of sulfonamides is 2. The summed E-state index contributed by atoms with van der Waals surface area (Å²) in [5.41, 5.74) is -0.307. The van der Waals surface area contributed by atoms with Crippen LogP contribution in [0.15, 0.2) is 39.4 Å². The van der Waals surface area contributed by atoms with Gasteiger partial charge in [-0.05, 0) is 38.1 Å². The van der Waals surface area contributed by atoms with Crippen molar-refractivity contribution < 1.29 is 21.8 Å². The topological polar surface area (TPSA) is 162 Å². The summed E-state index contributed by atoms with van der Waals surface area (Å²) >= 11 is 0.936. The molecule has 13 heteroatoms. The van der Waals surface area contributed by atoms with Crippen molar-refractivity contribution >= 4 is 42.8 Å². The fourth-order valence-corrected chi connectivity index (χ4v) is 5.14. The molecule has 0 aliphatic heterocycles. The van der Waals surface area contributed by atoms with Crippen LogP contribution in [-0.2, 0) is 26.6 Å². The second-order valence-electron chi connectivity index (χ2n) is 5.83. The lowest BCUT2D eigenvalue weighted by atomic mass is 10.2. The Kier molecular flexibility index (Phi) is 6.21. The van der Waals surface area contributed by atoms with E-state index < -0.39 is 30.7 Å². The Balaban J connectivity index is 2.27. The summed E-state index contributed by atoms with van der Waals surface area (Å²) in [7, 11) is -7.68. The summed E-state index contributed by atoms with van der Waals surface area (Å²) in [5.74, 6) is 0. The zero-order chi connectivity index (χ0) is 20.4. The minimum absolute atomic E-state index is 0.0185. The largest absolute Gasteiger partial charge is 0.375 e. The molecule has 0 bridgehead atoms. The SMILES string of the molecule is CC(C)NS(=O)(=O)c1ccc(NCc2ccc(S(N)(=O)=O)s2)c([N+](=O)[O-])c1. The van der Waals surface area contributed by atoms with Crippen molar-refractivity contribution in [3.05, 3.63) is 45.3 Å². The van der Waals surface area contributed by atoms with Gasteiger partial charge in [0.05, 0.1) is 9.82 Å². The molecule has 0 aliphatic carbocycles. The third-order valence-electron chi connectivity index (χ3n) is 3.24. The fraction of sp³-hybridized carbons (Fsp3) is 0.286. The van der Waals surface area contributed by atoms with E-state index in [0.29, 0.717) is 4.88 Å². The molecule has 0 unspecified atom stereocenters. The van der Waals surface area contributed by atoms with Gasteiger partial charge in [0, 0.05) is 23.5 Å². The van der Waals surface area contributed by atoms with Gasteiger partial charge in [-0.1, -0.05) is 0 Å². The van der Waals surface area contributed by atoms with E-state index in [-0.39, 0.29) is 27.4 Å². The Morgan fingerprint density at radius 1 is 1.19 bits per heavy atom. The van der Waals surface area contributed by atoms with E-state index >= 15 is 0 Å². The van der Waals surface area contributed by atoms with Crippen molar-refractivity contribution in [3.63, 3.8) is 0 Å². The van der Waals surface area contributed by atoms with E-state index in [1.165, 1.54) is 24.3 Å². The Morgan fingerprint density at radius 2 is 1.85 bits per heavy atom. The molecule has 1 aromatic heterocycles. The van der Waals surface area contributed by atoms with Gasteiger partial charge in [0.15, 0.2) is 0 Å². The molecule has 0 spiro atoms. The molecule has 0 radical (unpaired) electrons. The monoisotopic (exact) mass is 434 g/mol. The number of hydrogen-bond donors (Lipinski definition) is 3. The third kappa shape index (κ3) is 5.46. The lowest BCUT2D eigenvalue weighted by Crippen LogP contribution is -2.30. The lowest BCUT2D eigenvalue weighted by Gasteiger charge is -2.11. The van der Waals surface area contributed by atoms with Crippen LogP contribution in [0.25, 0.3) is 0 Å². The van der Waals surface area contributed by atoms with Crippen LogP contribution in [0.3, 0.4) is 0 Å². The molecule has 1 aromatic carbocycles. The van der Waals surface area contributed by atoms with E-state index in [9.17, 15) is 26.9 Å². The summed E-state index contributed by atoms with van der Waals surface area (Å²) in [5, 5.41) is 19.2. The number of nitrogens with zero attached hydrogens (tertiary/aromatic N) is 1. The number of benzene rings is 1. The summed E-state index contributed by atoms with van der Waals surface area (Å²) < 4.78 is 49.3. The minimum atomic E-state index is -3.87. The van der Waals surface area contributed by atoms with Gasteiger partial charge in [-0.15, -0.1) is 11.3 Å². The third-order valence-corrected chi connectivity index (χ3v) is 7.42. The van der Waals surface area contributed by atoms with Crippen LogP contribution in [0, 0.1) is 10.1 Å². The highest BCUT2D eigenvalue weighted by Gasteiger charge is 2.22. The van der Waals surface area contributed by atoms with E-state index in [1.807, 2.05) is 0 Å². The van der Waals surface area contributed by atoms with Gasteiger partial charge < -0.3 is 5.32 Å². The molecule has 0 atom stereocenters. The number of nitro benzene ring substituents is 1. The molecule has 27 heavy (non-hydrogen) atoms. The van der Waals surface area contributed by atoms with Gasteiger partial charge in [-0.2, -0.15) is 0 Å². The number of primary sulfonamides is 1. The number of hydrogen-bond acceptors (Lipinski definition) is 8. The van der Waals surface area contributed by atoms with E-state index in [2.05, 4.69) is 10.0 Å². The fourth-order valence-electron chi connectivity index (χ4n) is 2.15. The second-order valence-corrected chi connectivity index (χ2v) is 10.5. The van der Waals surface area contributed by atoms with Crippen LogP contribution < -0.4 is 15.2 Å². The van der Waals surface area contributed by atoms with Crippen molar-refractivity contribution in [2.45, 2.75) is 35.5 Å². The predicted molar refractivity (Wildman–Crippen MR) is 102 cm³/mol. The maximum Gasteiger partial charge on any atom is 0.293 e. The van der Waals surface area contributed by atoms with Crippen molar-refractivity contribution in [2.75, 3.05) is 5.32 Å². The first-order chi connectivity index (χ1) is 12.4. The van der Waals surface area contributed by atoms with Crippen LogP contribution in [0.1, 0.15) is 18.7 Å². The first-order valence-corrected chi connectivity index (χ1v) is 11.4. The summed E-state index contributed by atoms with van der Waals surface area (Å²) in [6, 6.07) is 6.04. The van der Waals surface area contributed by atoms with E-state index in [0.717, 1.165) is 17.4 Å². The summed E-state index contributed by atoms with van der Waals surface area (Å²) in [6.07, 6.45) is 0. The average molecular weight is 435 g/mol. The Labute approximate surface area is 160 Å². The molecule has 0 saturated carbocycles. The van der Waals surface area contributed by atoms with Gasteiger partial charge in [-0.3, -0.25) is 10.1 Å². The number of rotatable bonds is 8. The van der Waals surface area contributed by atoms with Gasteiger partial charge in [0.1, 0.15) is 9.90 Å². The number of anilines is 1. The number of nitro groups is 1. The predicted octanol–water partition coefficient (Wildman–Crippen LogP) is 1.60. The van der Waals surface area contributed by atoms with Crippen LogP contribution in [0.4, 0.5) is 11.4 Å². The average Bonchev–Trinajstić information content (AvgIpc) is 3.00. The number of nitrogens with two attached hydrogens (primary N) is 1. The van der Waals surface area contributed by atoms with Gasteiger partial charge in [0.25, 0.3) is 5.69 Å². The van der Waals surface area contributed by atoms with E-state index in [4.69, 9.17) is 5.14 Å². The van der Waals surface area contributed by atoms with Crippen LogP contribution >= 0.6 is 11.3 Å². The molecule has 0 saturated heterocycles. The molecule has 2 aromatic rings. The molecular weight excluding hydrogens is 416 g/mol. The highest BCUT2D eigenvalue weighted by Crippen LogP contribution is 2.29. The quantitative estimate of drug-likeness (QED) is 0.420. The maximum atomic E-state index is 12.2. The molecule has 0 fully saturated rings. The second kappa shape index (κ2) is 7.90.